The van der Waals surface area contributed by atoms with Gasteiger partial charge in [-0.3, -0.25) is 0 Å². The van der Waals surface area contributed by atoms with Gasteiger partial charge < -0.3 is 10.2 Å². The topological polar surface area (TPSA) is 15.3 Å². The normalized spacial score (nSPS) is 15.1. The number of rotatable bonds is 5. The molecule has 1 aliphatic carbocycles. The predicted octanol–water partition coefficient (Wildman–Crippen LogP) is 10.2. The Balaban J connectivity index is 1.59. The van der Waals surface area contributed by atoms with Crippen LogP contribution in [0, 0.1) is 0 Å². The van der Waals surface area contributed by atoms with Gasteiger partial charge in [0.25, 0.3) is 0 Å². The summed E-state index contributed by atoms with van der Waals surface area (Å²) < 4.78 is 0. The Hall–Kier alpha value is -3.63. The van der Waals surface area contributed by atoms with Crippen LogP contribution in [-0.4, -0.2) is 4.99 Å². The fourth-order valence-electron chi connectivity index (χ4n) is 5.32. The van der Waals surface area contributed by atoms with Crippen molar-refractivity contribution in [3.63, 3.8) is 0 Å². The number of halogens is 2. The molecular formula is C34H26Cl2N2S. The lowest BCUT2D eigenvalue weighted by atomic mass is 9.81. The summed E-state index contributed by atoms with van der Waals surface area (Å²) in [5.41, 5.74) is 10.2. The zero-order chi connectivity index (χ0) is 26.8. The highest BCUT2D eigenvalue weighted by Gasteiger charge is 2.33. The van der Waals surface area contributed by atoms with Crippen LogP contribution in [0.15, 0.2) is 132 Å². The van der Waals surface area contributed by atoms with E-state index in [9.17, 15) is 0 Å². The van der Waals surface area contributed by atoms with Crippen LogP contribution < -0.4 is 10.2 Å². The van der Waals surface area contributed by atoms with E-state index in [0.29, 0.717) is 10.0 Å². The maximum absolute atomic E-state index is 6.33. The molecule has 0 saturated heterocycles. The number of hydrogen-bond donors (Lipinski definition) is 1. The first-order chi connectivity index (χ1) is 19.1. The smallest absolute Gasteiger partial charge is 0.109 e. The molecule has 1 heterocycles. The van der Waals surface area contributed by atoms with Crippen LogP contribution in [0.3, 0.4) is 0 Å². The van der Waals surface area contributed by atoms with E-state index in [1.165, 1.54) is 16.7 Å². The van der Waals surface area contributed by atoms with E-state index in [1.807, 2.05) is 36.4 Å². The van der Waals surface area contributed by atoms with Gasteiger partial charge in [0.2, 0.25) is 0 Å². The molecule has 0 fully saturated rings. The Bertz CT molecular complexity index is 1600. The first kappa shape index (κ1) is 25.6. The second-order valence-corrected chi connectivity index (χ2v) is 10.9. The van der Waals surface area contributed by atoms with Gasteiger partial charge in [0, 0.05) is 27.0 Å². The number of nitrogens with zero attached hydrogens (tertiary/aromatic N) is 1. The number of hydrogen-bond acceptors (Lipinski definition) is 2. The summed E-state index contributed by atoms with van der Waals surface area (Å²) >= 11 is 18.6. The molecular weight excluding hydrogens is 539 g/mol. The van der Waals surface area contributed by atoms with Gasteiger partial charge in [-0.2, -0.15) is 0 Å². The standard InChI is InChI=1S/C34H26Cl2N2S/c35-25-14-18-27(19-15-25)37-34(39)30-13-7-12-29-31(23-8-3-1-4-9-23)22-32(24-10-5-2-6-11-24)38(33(29)30)28-20-16-26(36)17-21-28/h1-6,8-11,14-22H,7,12-13H2,(H,37,39). The van der Waals surface area contributed by atoms with Gasteiger partial charge in [-0.1, -0.05) is 96.1 Å². The van der Waals surface area contributed by atoms with Gasteiger partial charge in [0.05, 0.1) is 11.4 Å². The lowest BCUT2D eigenvalue weighted by Gasteiger charge is -2.40. The third-order valence-electron chi connectivity index (χ3n) is 7.11. The SMILES string of the molecule is S=C(Nc1ccc(Cl)cc1)C1=C2C(=C(c3ccccc3)C=C(c3ccccc3)N2c2ccc(Cl)cc2)CCC1. The number of benzene rings is 4. The van der Waals surface area contributed by atoms with Crippen LogP contribution in [0.5, 0.6) is 0 Å². The van der Waals surface area contributed by atoms with Crippen molar-refractivity contribution >= 4 is 63.1 Å². The van der Waals surface area contributed by atoms with Crippen molar-refractivity contribution < 1.29 is 0 Å². The maximum Gasteiger partial charge on any atom is 0.109 e. The second kappa shape index (κ2) is 11.2. The minimum Gasteiger partial charge on any atom is -0.346 e. The van der Waals surface area contributed by atoms with E-state index in [0.717, 1.165) is 58.2 Å². The summed E-state index contributed by atoms with van der Waals surface area (Å²) in [4.78, 5) is 3.09. The average molecular weight is 566 g/mol. The average Bonchev–Trinajstić information content (AvgIpc) is 2.98. The van der Waals surface area contributed by atoms with Crippen molar-refractivity contribution in [3.05, 3.63) is 153 Å². The molecule has 4 aromatic rings. The van der Waals surface area contributed by atoms with Crippen LogP contribution in [0.2, 0.25) is 10.0 Å². The minimum atomic E-state index is 0.697. The van der Waals surface area contributed by atoms with E-state index in [-0.39, 0.29) is 0 Å². The quantitative estimate of drug-likeness (QED) is 0.243. The fraction of sp³-hybridized carbons (Fsp3) is 0.0882. The molecule has 0 spiro atoms. The third kappa shape index (κ3) is 5.31. The lowest BCUT2D eigenvalue weighted by molar-refractivity contribution is 0.776. The predicted molar refractivity (Wildman–Crippen MR) is 170 cm³/mol. The molecule has 1 N–H and O–H groups in total. The molecule has 0 bridgehead atoms. The molecule has 2 nitrogen and oxygen atoms in total. The summed E-state index contributed by atoms with van der Waals surface area (Å²) in [6.45, 7) is 0. The zero-order valence-electron chi connectivity index (χ0n) is 21.2. The first-order valence-electron chi connectivity index (χ1n) is 13.0. The number of thiocarbonyl (C=S) groups is 1. The van der Waals surface area contributed by atoms with Gasteiger partial charge in [-0.15, -0.1) is 0 Å². The fourth-order valence-corrected chi connectivity index (χ4v) is 5.89. The van der Waals surface area contributed by atoms with E-state index < -0.39 is 0 Å². The highest BCUT2D eigenvalue weighted by molar-refractivity contribution is 7.81. The summed E-state index contributed by atoms with van der Waals surface area (Å²) in [5, 5.41) is 4.89. The monoisotopic (exact) mass is 564 g/mol. The van der Waals surface area contributed by atoms with Gasteiger partial charge >= 0.3 is 0 Å². The van der Waals surface area contributed by atoms with Gasteiger partial charge in [0.1, 0.15) is 4.99 Å². The van der Waals surface area contributed by atoms with E-state index in [1.54, 1.807) is 0 Å². The lowest BCUT2D eigenvalue weighted by Crippen LogP contribution is -2.31. The van der Waals surface area contributed by atoms with Crippen LogP contribution in [-0.2, 0) is 0 Å². The van der Waals surface area contributed by atoms with Crippen molar-refractivity contribution in [2.45, 2.75) is 19.3 Å². The van der Waals surface area contributed by atoms with Gasteiger partial charge in [-0.05, 0) is 96.1 Å². The Morgan fingerprint density at radius 1 is 0.692 bits per heavy atom. The Kier molecular flexibility index (Phi) is 7.38. The van der Waals surface area contributed by atoms with Crippen LogP contribution in [0.25, 0.3) is 11.3 Å². The van der Waals surface area contributed by atoms with E-state index in [4.69, 9.17) is 35.4 Å². The molecule has 6 rings (SSSR count). The molecule has 0 atom stereocenters. The molecule has 0 radical (unpaired) electrons. The molecule has 39 heavy (non-hydrogen) atoms. The van der Waals surface area contributed by atoms with Crippen LogP contribution >= 0.6 is 35.4 Å². The zero-order valence-corrected chi connectivity index (χ0v) is 23.5. The van der Waals surface area contributed by atoms with Crippen molar-refractivity contribution in [2.24, 2.45) is 0 Å². The first-order valence-corrected chi connectivity index (χ1v) is 14.2. The number of nitrogens with one attached hydrogen (secondary N) is 1. The number of allylic oxidation sites excluding steroid dienone is 3. The Morgan fingerprint density at radius 2 is 1.28 bits per heavy atom. The van der Waals surface area contributed by atoms with Crippen molar-refractivity contribution in [2.75, 3.05) is 10.2 Å². The summed E-state index contributed by atoms with van der Waals surface area (Å²) in [6, 6.07) is 36.9. The van der Waals surface area contributed by atoms with E-state index >= 15 is 0 Å². The second-order valence-electron chi connectivity index (χ2n) is 9.61. The van der Waals surface area contributed by atoms with Crippen molar-refractivity contribution in [1.29, 1.82) is 0 Å². The molecule has 0 unspecified atom stereocenters. The molecule has 0 saturated carbocycles. The largest absolute Gasteiger partial charge is 0.346 e. The third-order valence-corrected chi connectivity index (χ3v) is 7.96. The Labute approximate surface area is 244 Å². The van der Waals surface area contributed by atoms with Crippen molar-refractivity contribution in [1.82, 2.24) is 0 Å². The van der Waals surface area contributed by atoms with Crippen LogP contribution in [0.1, 0.15) is 30.4 Å². The molecule has 192 valence electrons. The van der Waals surface area contributed by atoms with E-state index in [2.05, 4.69) is 89.1 Å². The molecule has 5 heteroatoms. The minimum absolute atomic E-state index is 0.697. The molecule has 0 amide bonds. The molecule has 2 aliphatic rings. The van der Waals surface area contributed by atoms with Gasteiger partial charge in [0.15, 0.2) is 0 Å². The highest BCUT2D eigenvalue weighted by Crippen LogP contribution is 2.47. The summed E-state index contributed by atoms with van der Waals surface area (Å²) in [7, 11) is 0. The number of anilines is 2. The summed E-state index contributed by atoms with van der Waals surface area (Å²) in [5.74, 6) is 0. The molecule has 0 aromatic heterocycles. The number of fused-ring (bicyclic) bond motifs is 1. The van der Waals surface area contributed by atoms with Crippen LogP contribution in [0.4, 0.5) is 11.4 Å². The summed E-state index contributed by atoms with van der Waals surface area (Å²) in [6.07, 6.45) is 5.20. The molecule has 4 aromatic carbocycles. The highest BCUT2D eigenvalue weighted by atomic mass is 35.5. The molecule has 1 aliphatic heterocycles. The maximum atomic E-state index is 6.33. The Morgan fingerprint density at radius 3 is 1.92 bits per heavy atom. The van der Waals surface area contributed by atoms with Gasteiger partial charge in [-0.25, -0.2) is 0 Å². The van der Waals surface area contributed by atoms with Crippen molar-refractivity contribution in [3.8, 4) is 0 Å².